The van der Waals surface area contributed by atoms with Crippen LogP contribution in [0.2, 0.25) is 5.02 Å². The molecule has 0 aliphatic heterocycles. The zero-order valence-corrected chi connectivity index (χ0v) is 11.6. The molecule has 0 saturated carbocycles. The van der Waals surface area contributed by atoms with Crippen molar-refractivity contribution in [1.29, 1.82) is 0 Å². The van der Waals surface area contributed by atoms with Gasteiger partial charge in [0.15, 0.2) is 5.69 Å². The van der Waals surface area contributed by atoms with E-state index in [4.69, 9.17) is 16.7 Å². The van der Waals surface area contributed by atoms with Crippen LogP contribution in [0.15, 0.2) is 24.4 Å². The van der Waals surface area contributed by atoms with Gasteiger partial charge in [-0.1, -0.05) is 17.7 Å². The largest absolute Gasteiger partial charge is 0.478 e. The van der Waals surface area contributed by atoms with Gasteiger partial charge < -0.3 is 10.4 Å². The molecule has 0 atom stereocenters. The normalized spacial score (nSPS) is 10.3. The molecule has 1 heterocycles. The van der Waals surface area contributed by atoms with E-state index >= 15 is 0 Å². The molecule has 0 fully saturated rings. The van der Waals surface area contributed by atoms with Crippen molar-refractivity contribution >= 4 is 29.2 Å². The maximum absolute atomic E-state index is 12.1. The molecule has 0 unspecified atom stereocenters. The molecule has 7 heteroatoms. The summed E-state index contributed by atoms with van der Waals surface area (Å²) in [6, 6.07) is 5.08. The standard InChI is InChI=1S/C13H12ClN3O3/c1-7-9(14)4-3-5-10(7)15-12(18)11-8(13(19)20)6-17(2)16-11/h3-6H,1-2H3,(H,15,18)(H,19,20). The van der Waals surface area contributed by atoms with E-state index in [2.05, 4.69) is 10.4 Å². The monoisotopic (exact) mass is 293 g/mol. The Bertz CT molecular complexity index is 694. The lowest BCUT2D eigenvalue weighted by atomic mass is 10.2. The van der Waals surface area contributed by atoms with Crippen LogP contribution in [0.1, 0.15) is 26.4 Å². The Labute approximate surface area is 120 Å². The van der Waals surface area contributed by atoms with Crippen molar-refractivity contribution in [1.82, 2.24) is 9.78 Å². The summed E-state index contributed by atoms with van der Waals surface area (Å²) < 4.78 is 1.28. The summed E-state index contributed by atoms with van der Waals surface area (Å²) in [5.74, 6) is -1.79. The minimum atomic E-state index is -1.20. The number of hydrogen-bond acceptors (Lipinski definition) is 3. The average molecular weight is 294 g/mol. The van der Waals surface area contributed by atoms with Crippen LogP contribution in [0.3, 0.4) is 0 Å². The van der Waals surface area contributed by atoms with E-state index in [0.717, 1.165) is 0 Å². The van der Waals surface area contributed by atoms with E-state index in [-0.39, 0.29) is 11.3 Å². The first-order valence-corrected chi connectivity index (χ1v) is 6.11. The third-order valence-electron chi connectivity index (χ3n) is 2.79. The van der Waals surface area contributed by atoms with Gasteiger partial charge in [-0.05, 0) is 24.6 Å². The first-order valence-electron chi connectivity index (χ1n) is 5.73. The van der Waals surface area contributed by atoms with Crippen LogP contribution in [0, 0.1) is 6.92 Å². The highest BCUT2D eigenvalue weighted by atomic mass is 35.5. The van der Waals surface area contributed by atoms with Crippen molar-refractivity contribution < 1.29 is 14.7 Å². The van der Waals surface area contributed by atoms with E-state index < -0.39 is 11.9 Å². The van der Waals surface area contributed by atoms with Gasteiger partial charge in [-0.15, -0.1) is 0 Å². The third-order valence-corrected chi connectivity index (χ3v) is 3.20. The minimum absolute atomic E-state index is 0.139. The molecule has 2 aromatic rings. The first kappa shape index (κ1) is 14.1. The molecule has 2 N–H and O–H groups in total. The number of aryl methyl sites for hydroxylation is 1. The van der Waals surface area contributed by atoms with Gasteiger partial charge in [0.05, 0.1) is 0 Å². The van der Waals surface area contributed by atoms with E-state index in [1.807, 2.05) is 0 Å². The van der Waals surface area contributed by atoms with Crippen LogP contribution >= 0.6 is 11.6 Å². The number of benzene rings is 1. The predicted molar refractivity (Wildman–Crippen MR) is 74.3 cm³/mol. The van der Waals surface area contributed by atoms with Crippen molar-refractivity contribution in [2.75, 3.05) is 5.32 Å². The molecule has 0 aliphatic carbocycles. The number of nitrogens with one attached hydrogen (secondary N) is 1. The summed E-state index contributed by atoms with van der Waals surface area (Å²) in [5, 5.41) is 16.0. The molecule has 1 amide bonds. The van der Waals surface area contributed by atoms with Crippen LogP contribution in [-0.2, 0) is 7.05 Å². The molecular weight excluding hydrogens is 282 g/mol. The van der Waals surface area contributed by atoms with E-state index in [1.54, 1.807) is 32.2 Å². The maximum atomic E-state index is 12.1. The number of aromatic nitrogens is 2. The Kier molecular flexibility index (Phi) is 3.76. The summed E-state index contributed by atoms with van der Waals surface area (Å²) in [5.41, 5.74) is 0.934. The molecule has 104 valence electrons. The second kappa shape index (κ2) is 5.34. The van der Waals surface area contributed by atoms with Crippen LogP contribution in [-0.4, -0.2) is 26.8 Å². The lowest BCUT2D eigenvalue weighted by Gasteiger charge is -2.08. The molecule has 2 rings (SSSR count). The number of halogens is 1. The number of aromatic carboxylic acids is 1. The van der Waals surface area contributed by atoms with Crippen LogP contribution in [0.5, 0.6) is 0 Å². The minimum Gasteiger partial charge on any atom is -0.478 e. The lowest BCUT2D eigenvalue weighted by Crippen LogP contribution is -2.17. The van der Waals surface area contributed by atoms with Gasteiger partial charge in [0, 0.05) is 24.0 Å². The van der Waals surface area contributed by atoms with Gasteiger partial charge in [-0.25, -0.2) is 4.79 Å². The van der Waals surface area contributed by atoms with Gasteiger partial charge >= 0.3 is 5.97 Å². The van der Waals surface area contributed by atoms with Crippen molar-refractivity contribution in [3.63, 3.8) is 0 Å². The predicted octanol–water partition coefficient (Wildman–Crippen LogP) is 2.33. The van der Waals surface area contributed by atoms with Gasteiger partial charge in [0.2, 0.25) is 0 Å². The van der Waals surface area contributed by atoms with Gasteiger partial charge in [-0.2, -0.15) is 5.10 Å². The van der Waals surface area contributed by atoms with E-state index in [9.17, 15) is 9.59 Å². The molecule has 6 nitrogen and oxygen atoms in total. The summed E-state index contributed by atoms with van der Waals surface area (Å²) in [6.45, 7) is 1.76. The van der Waals surface area contributed by atoms with Crippen molar-refractivity contribution in [2.45, 2.75) is 6.92 Å². The van der Waals surface area contributed by atoms with Gasteiger partial charge in [0.1, 0.15) is 5.56 Å². The zero-order chi connectivity index (χ0) is 14.9. The summed E-state index contributed by atoms with van der Waals surface area (Å²) in [6.07, 6.45) is 1.28. The Morgan fingerprint density at radius 1 is 1.40 bits per heavy atom. The van der Waals surface area contributed by atoms with Crippen molar-refractivity contribution in [3.8, 4) is 0 Å². The Morgan fingerprint density at radius 3 is 2.75 bits per heavy atom. The molecule has 1 aromatic heterocycles. The number of carboxylic acid groups (broad SMARTS) is 1. The highest BCUT2D eigenvalue weighted by molar-refractivity contribution is 6.31. The topological polar surface area (TPSA) is 84.2 Å². The number of amides is 1. The zero-order valence-electron chi connectivity index (χ0n) is 10.8. The summed E-state index contributed by atoms with van der Waals surface area (Å²) in [7, 11) is 1.55. The fraction of sp³-hybridized carbons (Fsp3) is 0.154. The highest BCUT2D eigenvalue weighted by Gasteiger charge is 2.21. The fourth-order valence-corrected chi connectivity index (χ4v) is 1.91. The molecule has 0 aliphatic rings. The Hall–Kier alpha value is -2.34. The smallest absolute Gasteiger partial charge is 0.339 e. The molecule has 0 saturated heterocycles. The van der Waals surface area contributed by atoms with Crippen LogP contribution in [0.25, 0.3) is 0 Å². The van der Waals surface area contributed by atoms with Gasteiger partial charge in [-0.3, -0.25) is 9.48 Å². The number of rotatable bonds is 3. The van der Waals surface area contributed by atoms with Crippen LogP contribution in [0.4, 0.5) is 5.69 Å². The Morgan fingerprint density at radius 2 is 2.10 bits per heavy atom. The van der Waals surface area contributed by atoms with E-state index in [1.165, 1.54) is 10.9 Å². The molecule has 0 bridgehead atoms. The second-order valence-corrected chi connectivity index (χ2v) is 4.64. The molecular formula is C13H12ClN3O3. The third kappa shape index (κ3) is 2.65. The lowest BCUT2D eigenvalue weighted by molar-refractivity contribution is 0.0692. The quantitative estimate of drug-likeness (QED) is 0.909. The SMILES string of the molecule is Cc1c(Cl)cccc1NC(=O)c1nn(C)cc1C(=O)O. The summed E-state index contributed by atoms with van der Waals surface area (Å²) in [4.78, 5) is 23.2. The number of nitrogens with zero attached hydrogens (tertiary/aromatic N) is 2. The molecule has 1 aromatic carbocycles. The molecule has 0 spiro atoms. The van der Waals surface area contributed by atoms with E-state index in [0.29, 0.717) is 16.3 Å². The molecule has 20 heavy (non-hydrogen) atoms. The average Bonchev–Trinajstić information content (AvgIpc) is 2.77. The molecule has 0 radical (unpaired) electrons. The Balaban J connectivity index is 2.33. The first-order chi connectivity index (χ1) is 9.40. The maximum Gasteiger partial charge on any atom is 0.339 e. The summed E-state index contributed by atoms with van der Waals surface area (Å²) >= 11 is 5.96. The fourth-order valence-electron chi connectivity index (χ4n) is 1.74. The number of anilines is 1. The van der Waals surface area contributed by atoms with Crippen molar-refractivity contribution in [2.24, 2.45) is 7.05 Å². The van der Waals surface area contributed by atoms with Crippen molar-refractivity contribution in [3.05, 3.63) is 46.2 Å². The highest BCUT2D eigenvalue weighted by Crippen LogP contribution is 2.23. The second-order valence-electron chi connectivity index (χ2n) is 4.24. The van der Waals surface area contributed by atoms with Gasteiger partial charge in [0.25, 0.3) is 5.91 Å². The number of carbonyl (C=O) groups excluding carboxylic acids is 1. The number of carboxylic acids is 1. The number of hydrogen-bond donors (Lipinski definition) is 2. The number of carbonyl (C=O) groups is 2. The van der Waals surface area contributed by atoms with Crippen LogP contribution < -0.4 is 5.32 Å².